The molecule has 2 N–H and O–H groups in total. The number of benzene rings is 1. The van der Waals surface area contributed by atoms with E-state index in [2.05, 4.69) is 0 Å². The first-order chi connectivity index (χ1) is 9.33. The fourth-order valence-corrected chi connectivity index (χ4v) is 1.85. The number of hydrogen-bond donors (Lipinski definition) is 1. The van der Waals surface area contributed by atoms with E-state index in [1.165, 1.54) is 0 Å². The third-order valence-corrected chi connectivity index (χ3v) is 2.80. The van der Waals surface area contributed by atoms with E-state index in [1.807, 2.05) is 6.07 Å². The molecule has 0 aliphatic heterocycles. The molecule has 20 heavy (non-hydrogen) atoms. The first kappa shape index (κ1) is 16.8. The van der Waals surface area contributed by atoms with Crippen LogP contribution in [0.4, 0.5) is 13.2 Å². The number of ether oxygens (including phenoxy) is 2. The molecule has 1 aromatic carbocycles. The van der Waals surface area contributed by atoms with Gasteiger partial charge in [-0.3, -0.25) is 0 Å². The lowest BCUT2D eigenvalue weighted by molar-refractivity contribution is -0.139. The molecule has 0 amide bonds. The number of hydrogen-bond acceptors (Lipinski definition) is 3. The summed E-state index contributed by atoms with van der Waals surface area (Å²) in [6.07, 6.45) is -5.52. The monoisotopic (exact) mass is 291 g/mol. The lowest BCUT2D eigenvalue weighted by atomic mass is 10.0. The van der Waals surface area contributed by atoms with Crippen LogP contribution in [0.1, 0.15) is 31.4 Å². The van der Waals surface area contributed by atoms with Crippen LogP contribution in [0.5, 0.6) is 5.75 Å². The normalized spacial score (nSPS) is 14.9. The Morgan fingerprint density at radius 3 is 2.55 bits per heavy atom. The minimum atomic E-state index is -4.15. The topological polar surface area (TPSA) is 44.5 Å². The molecule has 1 rings (SSSR count). The van der Waals surface area contributed by atoms with Crippen LogP contribution in [0.15, 0.2) is 24.3 Å². The summed E-state index contributed by atoms with van der Waals surface area (Å²) in [4.78, 5) is 0. The van der Waals surface area contributed by atoms with Gasteiger partial charge < -0.3 is 15.2 Å². The zero-order chi connectivity index (χ0) is 15.2. The van der Waals surface area contributed by atoms with Gasteiger partial charge in [0.1, 0.15) is 5.75 Å². The van der Waals surface area contributed by atoms with Crippen molar-refractivity contribution in [3.8, 4) is 5.75 Å². The fraction of sp³-hybridized carbons (Fsp3) is 0.571. The molecule has 3 nitrogen and oxygen atoms in total. The molecular weight excluding hydrogens is 271 g/mol. The van der Waals surface area contributed by atoms with Crippen molar-refractivity contribution in [3.05, 3.63) is 29.8 Å². The van der Waals surface area contributed by atoms with Gasteiger partial charge in [-0.1, -0.05) is 12.1 Å². The zero-order valence-electron chi connectivity index (χ0n) is 11.6. The zero-order valence-corrected chi connectivity index (χ0v) is 11.6. The Hall–Kier alpha value is -1.27. The fourth-order valence-electron chi connectivity index (χ4n) is 1.85. The Bertz CT molecular complexity index is 408. The van der Waals surface area contributed by atoms with E-state index >= 15 is 0 Å². The summed E-state index contributed by atoms with van der Waals surface area (Å²) in [5.41, 5.74) is 6.64. The lowest BCUT2D eigenvalue weighted by Gasteiger charge is -2.22. The third kappa shape index (κ3) is 5.79. The largest absolute Gasteiger partial charge is 0.497 e. The quantitative estimate of drug-likeness (QED) is 0.783. The Balaban J connectivity index is 2.60. The van der Waals surface area contributed by atoms with E-state index in [1.54, 1.807) is 32.2 Å². The summed E-state index contributed by atoms with van der Waals surface area (Å²) >= 11 is 0. The predicted molar refractivity (Wildman–Crippen MR) is 70.6 cm³/mol. The van der Waals surface area contributed by atoms with Gasteiger partial charge in [0.15, 0.2) is 0 Å². The highest BCUT2D eigenvalue weighted by Gasteiger charge is 2.26. The van der Waals surface area contributed by atoms with Crippen LogP contribution in [0.3, 0.4) is 0 Å². The molecule has 0 saturated carbocycles. The second-order valence-electron chi connectivity index (χ2n) is 4.65. The molecule has 1 aromatic rings. The molecule has 0 saturated heterocycles. The van der Waals surface area contributed by atoms with Gasteiger partial charge in [-0.25, -0.2) is 0 Å². The summed E-state index contributed by atoms with van der Waals surface area (Å²) in [5.74, 6) is 0.659. The van der Waals surface area contributed by atoms with E-state index < -0.39 is 18.7 Å². The maximum atomic E-state index is 12.1. The maximum absolute atomic E-state index is 12.1. The molecule has 0 radical (unpaired) electrons. The smallest absolute Gasteiger partial charge is 0.389 e. The van der Waals surface area contributed by atoms with Crippen LogP contribution < -0.4 is 10.5 Å². The Morgan fingerprint density at radius 1 is 1.30 bits per heavy atom. The molecule has 0 aliphatic carbocycles. The van der Waals surface area contributed by atoms with Gasteiger partial charge in [-0.05, 0) is 31.0 Å². The maximum Gasteiger partial charge on any atom is 0.389 e. The molecule has 0 heterocycles. The second kappa shape index (κ2) is 7.50. The molecule has 0 bridgehead atoms. The highest BCUT2D eigenvalue weighted by Crippen LogP contribution is 2.26. The summed E-state index contributed by atoms with van der Waals surface area (Å²) < 4.78 is 46.8. The second-order valence-corrected chi connectivity index (χ2v) is 4.65. The summed E-state index contributed by atoms with van der Waals surface area (Å²) in [6, 6.07) is 6.85. The Morgan fingerprint density at radius 2 is 2.00 bits per heavy atom. The number of rotatable bonds is 7. The first-order valence-corrected chi connectivity index (χ1v) is 6.41. The summed E-state index contributed by atoms with van der Waals surface area (Å²) in [7, 11) is 1.55. The molecule has 114 valence electrons. The Labute approximate surface area is 116 Å². The van der Waals surface area contributed by atoms with E-state index in [0.717, 1.165) is 5.56 Å². The van der Waals surface area contributed by atoms with E-state index in [0.29, 0.717) is 5.75 Å². The van der Waals surface area contributed by atoms with Crippen LogP contribution in [0.25, 0.3) is 0 Å². The SMILES string of the molecule is COc1cccc(C(OCCCC(F)(F)F)C(C)N)c1. The van der Waals surface area contributed by atoms with Crippen molar-refractivity contribution in [2.45, 2.75) is 38.1 Å². The summed E-state index contributed by atoms with van der Waals surface area (Å²) in [5, 5.41) is 0. The van der Waals surface area contributed by atoms with Crippen LogP contribution in [0, 0.1) is 0 Å². The van der Waals surface area contributed by atoms with Crippen molar-refractivity contribution in [1.29, 1.82) is 0 Å². The Kier molecular flexibility index (Phi) is 6.29. The van der Waals surface area contributed by atoms with Gasteiger partial charge in [0, 0.05) is 19.1 Å². The van der Waals surface area contributed by atoms with Gasteiger partial charge in [-0.15, -0.1) is 0 Å². The standard InChI is InChI=1S/C14H20F3NO2/c1-10(18)13(20-8-4-7-14(15,16)17)11-5-3-6-12(9-11)19-2/h3,5-6,9-10,13H,4,7-8,18H2,1-2H3. The van der Waals surface area contributed by atoms with Crippen molar-refractivity contribution in [1.82, 2.24) is 0 Å². The number of halogens is 3. The molecule has 0 aromatic heterocycles. The van der Waals surface area contributed by atoms with Crippen molar-refractivity contribution >= 4 is 0 Å². The molecule has 0 spiro atoms. The lowest BCUT2D eigenvalue weighted by Crippen LogP contribution is -2.27. The van der Waals surface area contributed by atoms with Crippen LogP contribution >= 0.6 is 0 Å². The van der Waals surface area contributed by atoms with Crippen LogP contribution in [0.2, 0.25) is 0 Å². The van der Waals surface area contributed by atoms with E-state index in [4.69, 9.17) is 15.2 Å². The van der Waals surface area contributed by atoms with Gasteiger partial charge in [0.05, 0.1) is 13.2 Å². The van der Waals surface area contributed by atoms with Gasteiger partial charge in [-0.2, -0.15) is 13.2 Å². The van der Waals surface area contributed by atoms with Gasteiger partial charge in [0.25, 0.3) is 0 Å². The highest BCUT2D eigenvalue weighted by atomic mass is 19.4. The van der Waals surface area contributed by atoms with Crippen molar-refractivity contribution in [2.75, 3.05) is 13.7 Å². The average molecular weight is 291 g/mol. The first-order valence-electron chi connectivity index (χ1n) is 6.41. The van der Waals surface area contributed by atoms with Crippen molar-refractivity contribution in [2.24, 2.45) is 5.73 Å². The molecule has 0 aliphatic rings. The minimum absolute atomic E-state index is 0.0168. The minimum Gasteiger partial charge on any atom is -0.497 e. The van der Waals surface area contributed by atoms with Gasteiger partial charge >= 0.3 is 6.18 Å². The summed E-state index contributed by atoms with van der Waals surface area (Å²) in [6.45, 7) is 1.77. The third-order valence-electron chi connectivity index (χ3n) is 2.80. The number of nitrogens with two attached hydrogens (primary N) is 1. The number of methoxy groups -OCH3 is 1. The van der Waals surface area contributed by atoms with Crippen molar-refractivity contribution < 1.29 is 22.6 Å². The van der Waals surface area contributed by atoms with Crippen molar-refractivity contribution in [3.63, 3.8) is 0 Å². The highest BCUT2D eigenvalue weighted by molar-refractivity contribution is 5.30. The van der Waals surface area contributed by atoms with Gasteiger partial charge in [0.2, 0.25) is 0 Å². The van der Waals surface area contributed by atoms with Crippen LogP contribution in [-0.2, 0) is 4.74 Å². The van der Waals surface area contributed by atoms with E-state index in [9.17, 15) is 13.2 Å². The number of alkyl halides is 3. The molecule has 2 atom stereocenters. The average Bonchev–Trinajstić information content (AvgIpc) is 2.37. The van der Waals surface area contributed by atoms with Crippen LogP contribution in [-0.4, -0.2) is 25.9 Å². The molecule has 2 unspecified atom stereocenters. The molecular formula is C14H20F3NO2. The molecule has 0 fully saturated rings. The molecule has 6 heteroatoms. The predicted octanol–water partition coefficient (Wildman–Crippen LogP) is 3.44. The van der Waals surface area contributed by atoms with E-state index in [-0.39, 0.29) is 19.1 Å².